The van der Waals surface area contributed by atoms with Crippen molar-refractivity contribution in [2.75, 3.05) is 5.32 Å². The Kier molecular flexibility index (Phi) is 4.35. The summed E-state index contributed by atoms with van der Waals surface area (Å²) in [4.78, 5) is 29.0. The molecular weight excluding hydrogens is 326 g/mol. The topological polar surface area (TPSA) is 73.2 Å². The van der Waals surface area contributed by atoms with Crippen molar-refractivity contribution in [3.8, 4) is 5.75 Å². The molecule has 0 saturated heterocycles. The number of carbonyl (C=O) groups excluding carboxylic acids is 2. The maximum Gasteiger partial charge on any atom is 0.308 e. The van der Waals surface area contributed by atoms with Crippen LogP contribution in [0.25, 0.3) is 10.9 Å². The van der Waals surface area contributed by atoms with Gasteiger partial charge in [-0.15, -0.1) is 11.3 Å². The predicted molar refractivity (Wildman–Crippen MR) is 93.7 cm³/mol. The fourth-order valence-electron chi connectivity index (χ4n) is 2.53. The quantitative estimate of drug-likeness (QED) is 0.580. The summed E-state index contributed by atoms with van der Waals surface area (Å²) >= 11 is 1.42. The second-order valence-corrected chi connectivity index (χ2v) is 6.57. The molecule has 0 aliphatic rings. The van der Waals surface area contributed by atoms with E-state index in [1.165, 1.54) is 18.3 Å². The molecule has 0 bridgehead atoms. The zero-order chi connectivity index (χ0) is 17.3. The Labute approximate surface area is 143 Å². The number of rotatable bonds is 4. The largest absolute Gasteiger partial charge is 0.427 e. The molecule has 0 fully saturated rings. The molecule has 0 saturated carbocycles. The molecule has 0 aliphatic carbocycles. The number of carbonyl (C=O) groups is 2. The highest BCUT2D eigenvalue weighted by Crippen LogP contribution is 2.27. The maximum atomic E-state index is 12.6. The first-order chi connectivity index (χ1) is 11.5. The highest BCUT2D eigenvalue weighted by Gasteiger charge is 2.17. The van der Waals surface area contributed by atoms with Crippen LogP contribution in [-0.2, 0) is 11.3 Å². The number of benzene rings is 1. The van der Waals surface area contributed by atoms with E-state index in [1.807, 2.05) is 24.5 Å². The van der Waals surface area contributed by atoms with E-state index >= 15 is 0 Å². The third-order valence-corrected chi connectivity index (χ3v) is 4.37. The lowest BCUT2D eigenvalue weighted by molar-refractivity contribution is -0.131. The van der Waals surface area contributed by atoms with Crippen LogP contribution in [0.5, 0.6) is 5.75 Å². The lowest BCUT2D eigenvalue weighted by Crippen LogP contribution is -2.11. The molecule has 24 heavy (non-hydrogen) atoms. The first-order valence-corrected chi connectivity index (χ1v) is 8.34. The Balaban J connectivity index is 2.01. The highest BCUT2D eigenvalue weighted by molar-refractivity contribution is 7.15. The Morgan fingerprint density at radius 3 is 2.79 bits per heavy atom. The minimum atomic E-state index is -0.395. The normalized spacial score (nSPS) is 10.8. The average Bonchev–Trinajstić information content (AvgIpc) is 3.09. The maximum absolute atomic E-state index is 12.6. The number of anilines is 1. The summed E-state index contributed by atoms with van der Waals surface area (Å²) in [6.45, 7) is 6.01. The van der Waals surface area contributed by atoms with E-state index in [9.17, 15) is 9.59 Å². The van der Waals surface area contributed by atoms with Crippen LogP contribution in [0.4, 0.5) is 5.13 Å². The van der Waals surface area contributed by atoms with Crippen molar-refractivity contribution in [3.63, 3.8) is 0 Å². The van der Waals surface area contributed by atoms with E-state index in [-0.39, 0.29) is 5.91 Å². The van der Waals surface area contributed by atoms with Crippen LogP contribution in [-0.4, -0.2) is 21.4 Å². The molecule has 7 heteroatoms. The van der Waals surface area contributed by atoms with Gasteiger partial charge < -0.3 is 9.30 Å². The number of nitrogens with zero attached hydrogens (tertiary/aromatic N) is 2. The van der Waals surface area contributed by atoms with Crippen LogP contribution in [0.3, 0.4) is 0 Å². The number of aromatic nitrogens is 2. The summed E-state index contributed by atoms with van der Waals surface area (Å²) < 4.78 is 7.11. The van der Waals surface area contributed by atoms with Gasteiger partial charge in [0.05, 0.1) is 5.56 Å². The fourth-order valence-corrected chi connectivity index (χ4v) is 3.18. The number of amides is 1. The summed E-state index contributed by atoms with van der Waals surface area (Å²) in [5.74, 6) is -0.210. The van der Waals surface area contributed by atoms with Crippen LogP contribution < -0.4 is 10.1 Å². The number of fused-ring (bicyclic) bond motifs is 1. The summed E-state index contributed by atoms with van der Waals surface area (Å²) in [6, 6.07) is 5.29. The van der Waals surface area contributed by atoms with Gasteiger partial charge in [0.15, 0.2) is 5.13 Å². The zero-order valence-electron chi connectivity index (χ0n) is 13.6. The van der Waals surface area contributed by atoms with E-state index in [4.69, 9.17) is 4.74 Å². The van der Waals surface area contributed by atoms with Crippen molar-refractivity contribution in [2.24, 2.45) is 0 Å². The molecule has 3 rings (SSSR count). The molecular formula is C17H17N3O3S. The van der Waals surface area contributed by atoms with E-state index in [0.717, 1.165) is 22.3 Å². The van der Waals surface area contributed by atoms with Crippen LogP contribution in [0.1, 0.15) is 29.1 Å². The van der Waals surface area contributed by atoms with Crippen LogP contribution in [0, 0.1) is 6.92 Å². The summed E-state index contributed by atoms with van der Waals surface area (Å²) in [5, 5.41) is 4.11. The lowest BCUT2D eigenvalue weighted by Gasteiger charge is -2.04. The molecule has 1 N–H and O–H groups in total. The van der Waals surface area contributed by atoms with E-state index < -0.39 is 5.97 Å². The predicted octanol–water partition coefficient (Wildman–Crippen LogP) is 3.60. The molecule has 1 amide bonds. The number of nitrogens with one attached hydrogen (secondary N) is 1. The molecule has 2 heterocycles. The second-order valence-electron chi connectivity index (χ2n) is 5.33. The van der Waals surface area contributed by atoms with Gasteiger partial charge in [-0.2, -0.15) is 0 Å². The third-order valence-electron chi connectivity index (χ3n) is 3.54. The fraction of sp³-hybridized carbons (Fsp3) is 0.235. The molecule has 2 aromatic heterocycles. The van der Waals surface area contributed by atoms with Gasteiger partial charge in [0, 0.05) is 41.6 Å². The van der Waals surface area contributed by atoms with Gasteiger partial charge in [-0.05, 0) is 32.0 Å². The van der Waals surface area contributed by atoms with Crippen LogP contribution in [0.15, 0.2) is 30.6 Å². The molecule has 0 atom stereocenters. The molecule has 0 unspecified atom stereocenters. The number of hydrogen-bond acceptors (Lipinski definition) is 5. The Hall–Kier alpha value is -2.67. The number of esters is 1. The summed E-state index contributed by atoms with van der Waals surface area (Å²) in [5.41, 5.74) is 1.43. The lowest BCUT2D eigenvalue weighted by atomic mass is 10.1. The van der Waals surface area contributed by atoms with Gasteiger partial charge in [0.25, 0.3) is 5.91 Å². The smallest absolute Gasteiger partial charge is 0.308 e. The molecule has 1 aromatic carbocycles. The van der Waals surface area contributed by atoms with Crippen LogP contribution >= 0.6 is 11.3 Å². The Morgan fingerprint density at radius 2 is 2.17 bits per heavy atom. The minimum Gasteiger partial charge on any atom is -0.427 e. The van der Waals surface area contributed by atoms with Gasteiger partial charge in [0.2, 0.25) is 0 Å². The van der Waals surface area contributed by atoms with Gasteiger partial charge in [-0.3, -0.25) is 14.9 Å². The summed E-state index contributed by atoms with van der Waals surface area (Å²) in [6.07, 6.45) is 3.52. The molecule has 3 aromatic rings. The standard InChI is InChI=1S/C17H17N3O3S/c1-4-20-9-14(16(22)19-17-18-8-10(2)24-17)13-7-12(23-11(3)21)5-6-15(13)20/h5-9H,4H2,1-3H3,(H,18,19,22). The van der Waals surface area contributed by atoms with Gasteiger partial charge in [-0.25, -0.2) is 4.98 Å². The van der Waals surface area contributed by atoms with Gasteiger partial charge in [-0.1, -0.05) is 0 Å². The first-order valence-electron chi connectivity index (χ1n) is 7.53. The van der Waals surface area contributed by atoms with E-state index in [1.54, 1.807) is 24.5 Å². The van der Waals surface area contributed by atoms with Crippen molar-refractivity contribution in [1.82, 2.24) is 9.55 Å². The van der Waals surface area contributed by atoms with Gasteiger partial charge in [0.1, 0.15) is 5.75 Å². The highest BCUT2D eigenvalue weighted by atomic mass is 32.1. The zero-order valence-corrected chi connectivity index (χ0v) is 14.4. The Bertz CT molecular complexity index is 926. The molecule has 6 nitrogen and oxygen atoms in total. The second kappa shape index (κ2) is 6.45. The number of aryl methyl sites for hydroxylation is 2. The van der Waals surface area contributed by atoms with E-state index in [0.29, 0.717) is 16.4 Å². The number of thiazole rings is 1. The minimum absolute atomic E-state index is 0.235. The summed E-state index contributed by atoms with van der Waals surface area (Å²) in [7, 11) is 0. The Morgan fingerprint density at radius 1 is 1.38 bits per heavy atom. The van der Waals surface area contributed by atoms with Crippen molar-refractivity contribution in [3.05, 3.63) is 41.0 Å². The van der Waals surface area contributed by atoms with Crippen molar-refractivity contribution >= 4 is 39.2 Å². The monoisotopic (exact) mass is 343 g/mol. The molecule has 124 valence electrons. The average molecular weight is 343 g/mol. The third kappa shape index (κ3) is 3.16. The van der Waals surface area contributed by atoms with Crippen molar-refractivity contribution in [2.45, 2.75) is 27.3 Å². The van der Waals surface area contributed by atoms with Gasteiger partial charge >= 0.3 is 5.97 Å². The van der Waals surface area contributed by atoms with Crippen LogP contribution in [0.2, 0.25) is 0 Å². The molecule has 0 spiro atoms. The first kappa shape index (κ1) is 16.2. The number of ether oxygens (including phenoxy) is 1. The number of hydrogen-bond donors (Lipinski definition) is 1. The van der Waals surface area contributed by atoms with E-state index in [2.05, 4.69) is 10.3 Å². The van der Waals surface area contributed by atoms with Crippen molar-refractivity contribution in [1.29, 1.82) is 0 Å². The SMILES string of the molecule is CCn1cc(C(=O)Nc2ncc(C)s2)c2cc(OC(C)=O)ccc21. The molecule has 0 radical (unpaired) electrons. The van der Waals surface area contributed by atoms with Crippen molar-refractivity contribution < 1.29 is 14.3 Å². The molecule has 0 aliphatic heterocycles.